The molecule has 1 aromatic heterocycles. The highest BCUT2D eigenvalue weighted by atomic mass is 127. The summed E-state index contributed by atoms with van der Waals surface area (Å²) in [7, 11) is 0. The van der Waals surface area contributed by atoms with E-state index in [1.807, 2.05) is 22.6 Å². The normalized spacial score (nSPS) is 10.4. The van der Waals surface area contributed by atoms with Gasteiger partial charge in [0.25, 0.3) is 5.91 Å². The number of thiazole rings is 1. The third kappa shape index (κ3) is 2.22. The van der Waals surface area contributed by atoms with Gasteiger partial charge < -0.3 is 5.73 Å². The highest BCUT2D eigenvalue weighted by Crippen LogP contribution is 2.31. The number of hydrogen-bond acceptors (Lipinski definition) is 3. The van der Waals surface area contributed by atoms with Gasteiger partial charge in [0.1, 0.15) is 11.5 Å². The summed E-state index contributed by atoms with van der Waals surface area (Å²) in [6.45, 7) is 0. The van der Waals surface area contributed by atoms with E-state index in [-0.39, 0.29) is 11.5 Å². The number of hydrogen-bond donors (Lipinski definition) is 1. The minimum absolute atomic E-state index is 0.194. The largest absolute Gasteiger partial charge is 0.364 e. The number of benzene rings is 1. The molecule has 82 valence electrons. The van der Waals surface area contributed by atoms with Crippen LogP contribution in [0.25, 0.3) is 10.4 Å². The molecule has 0 aliphatic rings. The molecule has 1 heterocycles. The lowest BCUT2D eigenvalue weighted by molar-refractivity contribution is 0.0996. The number of nitrogens with two attached hydrogens (primary N) is 1. The van der Waals surface area contributed by atoms with E-state index in [0.717, 1.165) is 0 Å². The average Bonchev–Trinajstić information content (AvgIpc) is 2.60. The molecule has 0 aliphatic carbocycles. The first-order valence-electron chi connectivity index (χ1n) is 4.30. The molecule has 2 N–H and O–H groups in total. The second-order valence-electron chi connectivity index (χ2n) is 3.02. The lowest BCUT2D eigenvalue weighted by atomic mass is 10.1. The van der Waals surface area contributed by atoms with Crippen LogP contribution in [-0.4, -0.2) is 10.9 Å². The molecule has 0 aliphatic heterocycles. The fourth-order valence-corrected chi connectivity index (χ4v) is 2.98. The number of primary amides is 1. The monoisotopic (exact) mass is 348 g/mol. The Morgan fingerprint density at radius 1 is 1.50 bits per heavy atom. The molecule has 2 aromatic rings. The lowest BCUT2D eigenvalue weighted by Crippen LogP contribution is -2.12. The maximum Gasteiger partial charge on any atom is 0.268 e. The molecule has 0 atom stereocenters. The van der Waals surface area contributed by atoms with Crippen molar-refractivity contribution >= 4 is 39.8 Å². The smallest absolute Gasteiger partial charge is 0.268 e. The zero-order valence-corrected chi connectivity index (χ0v) is 10.9. The van der Waals surface area contributed by atoms with Gasteiger partial charge in [0, 0.05) is 0 Å². The van der Waals surface area contributed by atoms with E-state index in [1.165, 1.54) is 23.5 Å². The van der Waals surface area contributed by atoms with Gasteiger partial charge >= 0.3 is 0 Å². The lowest BCUT2D eigenvalue weighted by Gasteiger charge is -1.99. The van der Waals surface area contributed by atoms with E-state index in [4.69, 9.17) is 5.73 Å². The second kappa shape index (κ2) is 4.46. The molecule has 3 nitrogen and oxygen atoms in total. The van der Waals surface area contributed by atoms with Crippen LogP contribution in [0.4, 0.5) is 4.39 Å². The highest BCUT2D eigenvalue weighted by molar-refractivity contribution is 14.1. The summed E-state index contributed by atoms with van der Waals surface area (Å²) in [6, 6.07) is 6.01. The van der Waals surface area contributed by atoms with E-state index >= 15 is 0 Å². The predicted molar refractivity (Wildman–Crippen MR) is 68.7 cm³/mol. The van der Waals surface area contributed by atoms with Crippen LogP contribution in [0.1, 0.15) is 10.5 Å². The average molecular weight is 348 g/mol. The molecule has 0 saturated carbocycles. The zero-order valence-electron chi connectivity index (χ0n) is 7.91. The van der Waals surface area contributed by atoms with Gasteiger partial charge in [-0.1, -0.05) is 12.1 Å². The van der Waals surface area contributed by atoms with Gasteiger partial charge in [-0.3, -0.25) is 4.79 Å². The van der Waals surface area contributed by atoms with E-state index < -0.39 is 5.91 Å². The van der Waals surface area contributed by atoms with E-state index in [9.17, 15) is 9.18 Å². The van der Waals surface area contributed by atoms with Crippen LogP contribution in [0.3, 0.4) is 0 Å². The molecular weight excluding hydrogens is 342 g/mol. The van der Waals surface area contributed by atoms with Crippen molar-refractivity contribution in [2.45, 2.75) is 0 Å². The van der Waals surface area contributed by atoms with Gasteiger partial charge in [-0.15, -0.1) is 11.3 Å². The summed E-state index contributed by atoms with van der Waals surface area (Å²) in [4.78, 5) is 15.8. The fraction of sp³-hybridized carbons (Fsp3) is 0. The van der Waals surface area contributed by atoms with Crippen LogP contribution in [0.2, 0.25) is 0 Å². The molecule has 0 spiro atoms. The molecule has 16 heavy (non-hydrogen) atoms. The minimum atomic E-state index is -0.599. The first-order chi connectivity index (χ1) is 7.58. The number of nitrogens with zero attached hydrogens (tertiary/aromatic N) is 1. The quantitative estimate of drug-likeness (QED) is 0.849. The Kier molecular flexibility index (Phi) is 3.20. The summed E-state index contributed by atoms with van der Waals surface area (Å²) in [5.41, 5.74) is 6.03. The fourth-order valence-electron chi connectivity index (χ4n) is 1.29. The maximum absolute atomic E-state index is 13.1. The number of halogens is 2. The molecule has 0 fully saturated rings. The first kappa shape index (κ1) is 11.5. The Morgan fingerprint density at radius 3 is 2.88 bits per heavy atom. The van der Waals surface area contributed by atoms with Gasteiger partial charge in [0.2, 0.25) is 0 Å². The second-order valence-corrected chi connectivity index (χ2v) is 5.77. The van der Waals surface area contributed by atoms with E-state index in [2.05, 4.69) is 4.98 Å². The Hall–Kier alpha value is -1.02. The van der Waals surface area contributed by atoms with Crippen molar-refractivity contribution in [3.8, 4) is 10.4 Å². The van der Waals surface area contributed by atoms with Crippen LogP contribution in [0.15, 0.2) is 24.3 Å². The number of amides is 1. The molecule has 0 bridgehead atoms. The Morgan fingerprint density at radius 2 is 2.25 bits per heavy atom. The van der Waals surface area contributed by atoms with Gasteiger partial charge in [-0.2, -0.15) is 0 Å². The summed E-state index contributed by atoms with van der Waals surface area (Å²) in [5.74, 6) is -0.949. The third-order valence-electron chi connectivity index (χ3n) is 1.92. The summed E-state index contributed by atoms with van der Waals surface area (Å²) in [6.07, 6.45) is 0. The van der Waals surface area contributed by atoms with Gasteiger partial charge in [0.15, 0.2) is 3.01 Å². The SMILES string of the molecule is NC(=O)c1nc(I)sc1-c1cccc(F)c1. The van der Waals surface area contributed by atoms with Crippen molar-refractivity contribution in [1.29, 1.82) is 0 Å². The molecule has 0 unspecified atom stereocenters. The summed E-state index contributed by atoms with van der Waals surface area (Å²) >= 11 is 3.31. The van der Waals surface area contributed by atoms with Gasteiger partial charge in [0.05, 0.1) is 4.88 Å². The van der Waals surface area contributed by atoms with Crippen molar-refractivity contribution in [3.63, 3.8) is 0 Å². The molecule has 0 saturated heterocycles. The van der Waals surface area contributed by atoms with Crippen molar-refractivity contribution in [2.24, 2.45) is 5.73 Å². The minimum Gasteiger partial charge on any atom is -0.364 e. The van der Waals surface area contributed by atoms with Crippen molar-refractivity contribution < 1.29 is 9.18 Å². The predicted octanol–water partition coefficient (Wildman–Crippen LogP) is 2.65. The van der Waals surface area contributed by atoms with Crippen LogP contribution >= 0.6 is 33.9 Å². The van der Waals surface area contributed by atoms with Crippen LogP contribution < -0.4 is 5.73 Å². The number of carbonyl (C=O) groups is 1. The third-order valence-corrected chi connectivity index (χ3v) is 3.72. The molecule has 1 amide bonds. The maximum atomic E-state index is 13.1. The molecule has 0 radical (unpaired) electrons. The van der Waals surface area contributed by atoms with Gasteiger partial charge in [-0.05, 0) is 40.3 Å². The Bertz CT molecular complexity index is 556. The highest BCUT2D eigenvalue weighted by Gasteiger charge is 2.16. The van der Waals surface area contributed by atoms with Gasteiger partial charge in [-0.25, -0.2) is 9.37 Å². The Labute approximate surface area is 109 Å². The summed E-state index contributed by atoms with van der Waals surface area (Å²) < 4.78 is 13.8. The summed E-state index contributed by atoms with van der Waals surface area (Å²) in [5, 5.41) is 0. The topological polar surface area (TPSA) is 56.0 Å². The standard InChI is InChI=1S/C10H6FIN2OS/c11-6-3-1-2-5(4-6)8-7(9(13)15)14-10(12)16-8/h1-4H,(H2,13,15). The molecular formula is C10H6FIN2OS. The van der Waals surface area contributed by atoms with Crippen molar-refractivity contribution in [1.82, 2.24) is 4.98 Å². The molecule has 1 aromatic carbocycles. The van der Waals surface area contributed by atoms with Crippen LogP contribution in [0, 0.1) is 8.83 Å². The number of carbonyl (C=O) groups excluding carboxylic acids is 1. The van der Waals surface area contributed by atoms with Crippen LogP contribution in [-0.2, 0) is 0 Å². The van der Waals surface area contributed by atoms with E-state index in [0.29, 0.717) is 13.5 Å². The van der Waals surface area contributed by atoms with Crippen LogP contribution in [0.5, 0.6) is 0 Å². The molecule has 2 rings (SSSR count). The Balaban J connectivity index is 2.59. The number of rotatable bonds is 2. The van der Waals surface area contributed by atoms with E-state index in [1.54, 1.807) is 12.1 Å². The first-order valence-corrected chi connectivity index (χ1v) is 6.19. The molecule has 6 heteroatoms. The zero-order chi connectivity index (χ0) is 11.7. The van der Waals surface area contributed by atoms with Crippen molar-refractivity contribution in [3.05, 3.63) is 38.8 Å². The number of aromatic nitrogens is 1. The van der Waals surface area contributed by atoms with Crippen molar-refractivity contribution in [2.75, 3.05) is 0 Å².